The number of carbonyl (C=O) groups excluding carboxylic acids is 2. The lowest BCUT2D eigenvalue weighted by Gasteiger charge is -2.40. The molecule has 168 valence electrons. The lowest BCUT2D eigenvalue weighted by atomic mass is 9.94. The molecule has 2 unspecified atom stereocenters. The predicted octanol–water partition coefficient (Wildman–Crippen LogP) is 4.16. The summed E-state index contributed by atoms with van der Waals surface area (Å²) in [6.45, 7) is 8.04. The Kier molecular flexibility index (Phi) is 6.71. The first-order chi connectivity index (χ1) is 14.6. The summed E-state index contributed by atoms with van der Waals surface area (Å²) in [7, 11) is 0. The number of nitrogens with zero attached hydrogens (tertiary/aromatic N) is 2. The molecule has 1 aliphatic rings. The van der Waals surface area contributed by atoms with Gasteiger partial charge in [-0.25, -0.2) is 8.78 Å². The Labute approximate surface area is 178 Å². The van der Waals surface area contributed by atoms with E-state index in [0.29, 0.717) is 18.9 Å². The zero-order valence-electron chi connectivity index (χ0n) is 17.9. The number of nitrogens with one attached hydrogen (secondary N) is 1. The molecule has 0 saturated carbocycles. The number of hydrogen-bond donors (Lipinski definition) is 1. The van der Waals surface area contributed by atoms with Crippen LogP contribution < -0.4 is 5.32 Å². The van der Waals surface area contributed by atoms with Crippen LogP contribution in [0.3, 0.4) is 0 Å². The zero-order valence-corrected chi connectivity index (χ0v) is 17.9. The zero-order chi connectivity index (χ0) is 22.9. The highest BCUT2D eigenvalue weighted by Crippen LogP contribution is 2.30. The third kappa shape index (κ3) is 4.91. The van der Waals surface area contributed by atoms with Crippen molar-refractivity contribution in [2.75, 3.05) is 6.54 Å². The van der Waals surface area contributed by atoms with Crippen LogP contribution in [-0.2, 0) is 4.79 Å². The van der Waals surface area contributed by atoms with E-state index in [0.717, 1.165) is 12.1 Å². The average Bonchev–Trinajstić information content (AvgIpc) is 3.03. The van der Waals surface area contributed by atoms with Crippen LogP contribution in [0, 0.1) is 29.3 Å². The highest BCUT2D eigenvalue weighted by Gasteiger charge is 2.40. The largest absolute Gasteiger partial charge is 0.352 e. The summed E-state index contributed by atoms with van der Waals surface area (Å²) in [5, 5.41) is 6.46. The number of rotatable bonds is 6. The van der Waals surface area contributed by atoms with Gasteiger partial charge in [-0.3, -0.25) is 9.59 Å². The van der Waals surface area contributed by atoms with Crippen LogP contribution in [0.2, 0.25) is 0 Å². The summed E-state index contributed by atoms with van der Waals surface area (Å²) in [5.74, 6) is -4.33. The highest BCUT2D eigenvalue weighted by molar-refractivity contribution is 5.97. The molecule has 0 radical (unpaired) electrons. The molecule has 2 heterocycles. The Morgan fingerprint density at radius 3 is 2.48 bits per heavy atom. The Hall–Kier alpha value is -2.84. The second kappa shape index (κ2) is 9.11. The van der Waals surface area contributed by atoms with E-state index in [2.05, 4.69) is 10.5 Å². The fourth-order valence-electron chi connectivity index (χ4n) is 3.85. The first-order valence-corrected chi connectivity index (χ1v) is 10.3. The van der Waals surface area contributed by atoms with Gasteiger partial charge in [0.2, 0.25) is 23.2 Å². The summed E-state index contributed by atoms with van der Waals surface area (Å²) in [6, 6.07) is 1.49. The Morgan fingerprint density at radius 2 is 1.87 bits per heavy atom. The average molecular weight is 437 g/mol. The molecule has 2 aromatic rings. The van der Waals surface area contributed by atoms with E-state index in [9.17, 15) is 18.4 Å². The van der Waals surface area contributed by atoms with E-state index in [1.54, 1.807) is 0 Å². The van der Waals surface area contributed by atoms with Gasteiger partial charge in [0.25, 0.3) is 5.91 Å². The van der Waals surface area contributed by atoms with Crippen LogP contribution >= 0.6 is 0 Å². The van der Waals surface area contributed by atoms with E-state index in [1.165, 1.54) is 4.90 Å². The maximum absolute atomic E-state index is 15.0. The molecule has 1 saturated heterocycles. The first kappa shape index (κ1) is 22.8. The molecule has 1 N–H and O–H groups in total. The van der Waals surface area contributed by atoms with Crippen LogP contribution in [0.25, 0.3) is 11.3 Å². The fraction of sp³-hybridized carbons (Fsp3) is 0.500. The van der Waals surface area contributed by atoms with Crippen molar-refractivity contribution in [3.05, 3.63) is 41.3 Å². The maximum Gasteiger partial charge on any atom is 0.279 e. The van der Waals surface area contributed by atoms with Crippen molar-refractivity contribution in [1.29, 1.82) is 0 Å². The number of benzene rings is 1. The van der Waals surface area contributed by atoms with Crippen molar-refractivity contribution in [3.8, 4) is 11.3 Å². The molecule has 1 fully saturated rings. The Morgan fingerprint density at radius 1 is 1.19 bits per heavy atom. The molecule has 9 heteroatoms. The van der Waals surface area contributed by atoms with Crippen LogP contribution in [0.5, 0.6) is 0 Å². The molecule has 6 nitrogen and oxygen atoms in total. The second-order valence-corrected chi connectivity index (χ2v) is 8.74. The normalized spacial score (nSPS) is 19.3. The molecule has 1 aliphatic heterocycles. The van der Waals surface area contributed by atoms with Gasteiger partial charge in [0.15, 0.2) is 0 Å². The molecule has 2 amide bonds. The van der Waals surface area contributed by atoms with E-state index >= 15 is 4.39 Å². The molecule has 1 aromatic carbocycles. The van der Waals surface area contributed by atoms with Crippen molar-refractivity contribution in [1.82, 2.24) is 15.4 Å². The van der Waals surface area contributed by atoms with Crippen molar-refractivity contribution in [2.45, 2.75) is 52.6 Å². The lowest BCUT2D eigenvalue weighted by Crippen LogP contribution is -2.62. The standard InChI is InChI=1S/C22H26F3N3O3/c1-11(2)7-14-10-28(17(8-12(3)4)21(29)26-14)22(30)19-18(25)20(31-27-19)15-6-5-13(23)9-16(15)24/h5-6,9,11-12,14,17H,7-8,10H2,1-4H3,(H,26,29). The summed E-state index contributed by atoms with van der Waals surface area (Å²) in [5.41, 5.74) is -0.983. The summed E-state index contributed by atoms with van der Waals surface area (Å²) < 4.78 is 47.2. The number of aromatic nitrogens is 1. The van der Waals surface area contributed by atoms with Gasteiger partial charge in [0.05, 0.1) is 5.56 Å². The van der Waals surface area contributed by atoms with Gasteiger partial charge in [-0.2, -0.15) is 4.39 Å². The van der Waals surface area contributed by atoms with Gasteiger partial charge in [0.1, 0.15) is 17.7 Å². The van der Waals surface area contributed by atoms with Gasteiger partial charge in [-0.1, -0.05) is 32.9 Å². The van der Waals surface area contributed by atoms with Gasteiger partial charge in [0, 0.05) is 18.7 Å². The van der Waals surface area contributed by atoms with Crippen LogP contribution in [0.4, 0.5) is 13.2 Å². The second-order valence-electron chi connectivity index (χ2n) is 8.74. The SMILES string of the molecule is CC(C)CC1CN(C(=O)c2noc(-c3ccc(F)cc3F)c2F)C(CC(C)C)C(=O)N1. The minimum atomic E-state index is -1.15. The third-order valence-corrected chi connectivity index (χ3v) is 5.17. The number of amides is 2. The topological polar surface area (TPSA) is 75.4 Å². The molecule has 3 rings (SSSR count). The van der Waals surface area contributed by atoms with Crippen molar-refractivity contribution in [3.63, 3.8) is 0 Å². The number of piperazine rings is 1. The van der Waals surface area contributed by atoms with Crippen molar-refractivity contribution < 1.29 is 27.3 Å². The smallest absolute Gasteiger partial charge is 0.279 e. The van der Waals surface area contributed by atoms with E-state index in [-0.39, 0.29) is 35.9 Å². The molecule has 0 spiro atoms. The minimum Gasteiger partial charge on any atom is -0.352 e. The molecule has 31 heavy (non-hydrogen) atoms. The Bertz CT molecular complexity index is 974. The highest BCUT2D eigenvalue weighted by atomic mass is 19.1. The monoisotopic (exact) mass is 437 g/mol. The van der Waals surface area contributed by atoms with Gasteiger partial charge < -0.3 is 14.7 Å². The molecule has 1 aromatic heterocycles. The van der Waals surface area contributed by atoms with Gasteiger partial charge in [-0.05, 0) is 36.8 Å². The molecular formula is C22H26F3N3O3. The summed E-state index contributed by atoms with van der Waals surface area (Å²) in [6.07, 6.45) is 1.04. The fourth-order valence-corrected chi connectivity index (χ4v) is 3.85. The van der Waals surface area contributed by atoms with E-state index in [1.807, 2.05) is 27.7 Å². The van der Waals surface area contributed by atoms with E-state index in [4.69, 9.17) is 4.52 Å². The predicted molar refractivity (Wildman–Crippen MR) is 107 cm³/mol. The minimum absolute atomic E-state index is 0.110. The van der Waals surface area contributed by atoms with Crippen molar-refractivity contribution >= 4 is 11.8 Å². The molecule has 2 atom stereocenters. The lowest BCUT2D eigenvalue weighted by molar-refractivity contribution is -0.130. The van der Waals surface area contributed by atoms with Gasteiger partial charge >= 0.3 is 0 Å². The number of carbonyl (C=O) groups is 2. The van der Waals surface area contributed by atoms with Crippen molar-refractivity contribution in [2.24, 2.45) is 11.8 Å². The maximum atomic E-state index is 15.0. The van der Waals surface area contributed by atoms with Gasteiger partial charge in [-0.15, -0.1) is 0 Å². The quantitative estimate of drug-likeness (QED) is 0.736. The van der Waals surface area contributed by atoms with E-state index < -0.39 is 40.9 Å². The molecule has 0 aliphatic carbocycles. The molecular weight excluding hydrogens is 411 g/mol. The number of hydrogen-bond acceptors (Lipinski definition) is 4. The van der Waals surface area contributed by atoms with Crippen LogP contribution in [0.1, 0.15) is 51.0 Å². The first-order valence-electron chi connectivity index (χ1n) is 10.3. The number of halogens is 3. The summed E-state index contributed by atoms with van der Waals surface area (Å²) >= 11 is 0. The van der Waals surface area contributed by atoms with Crippen LogP contribution in [-0.4, -0.2) is 40.5 Å². The third-order valence-electron chi connectivity index (χ3n) is 5.17. The molecule has 0 bridgehead atoms. The summed E-state index contributed by atoms with van der Waals surface area (Å²) in [4.78, 5) is 27.2. The van der Waals surface area contributed by atoms with Crippen LogP contribution in [0.15, 0.2) is 22.7 Å². The Balaban J connectivity index is 1.94.